The van der Waals surface area contributed by atoms with Crippen molar-refractivity contribution in [3.8, 4) is 31.6 Å². The van der Waals surface area contributed by atoms with Gasteiger partial charge in [-0.05, 0) is 60.4 Å². The van der Waals surface area contributed by atoms with E-state index in [1.807, 2.05) is 12.1 Å². The Morgan fingerprint density at radius 2 is 1.05 bits per heavy atom. The molecule has 0 saturated carbocycles. The smallest absolute Gasteiger partial charge is 0.227 e. The molecule has 0 aromatic carbocycles. The molecule has 0 spiro atoms. The summed E-state index contributed by atoms with van der Waals surface area (Å²) in [6.45, 7) is 16.5. The Kier molecular flexibility index (Phi) is 9.73. The summed E-state index contributed by atoms with van der Waals surface area (Å²) in [6.07, 6.45) is -6.82. The minimum atomic E-state index is -4.41. The van der Waals surface area contributed by atoms with E-state index in [-0.39, 0.29) is 24.2 Å². The molecule has 0 bridgehead atoms. The highest BCUT2D eigenvalue weighted by Crippen LogP contribution is 2.47. The highest BCUT2D eigenvalue weighted by atomic mass is 32.1. The molecule has 0 N–H and O–H groups in total. The summed E-state index contributed by atoms with van der Waals surface area (Å²) in [6, 6.07) is 10.6. The molecule has 0 aliphatic heterocycles. The van der Waals surface area contributed by atoms with Gasteiger partial charge in [-0.25, -0.2) is 20.2 Å². The Morgan fingerprint density at radius 3 is 1.34 bits per heavy atom. The first-order valence-electron chi connectivity index (χ1n) is 12.6. The molecule has 2 unspecified atom stereocenters. The fraction of sp³-hybridized carbons (Fsp3) is 0.267. The van der Waals surface area contributed by atoms with E-state index in [4.69, 9.17) is 13.1 Å². The SMILES string of the molecule is [C-]#[N+]/C(C#N)=C\c1sc(-c2cc3sc(-c4cc(CC(C)C(F)(F)F)c(/C=C(\C#N)[N+]#[C-])s4)cc3s2)cc1CC(C)C(F)(F)F. The minimum Gasteiger partial charge on any atom is -0.227 e. The first-order valence-corrected chi connectivity index (χ1v) is 15.8. The maximum absolute atomic E-state index is 13.3. The molecule has 4 heterocycles. The second-order valence-electron chi connectivity index (χ2n) is 9.75. The third-order valence-corrected chi connectivity index (χ3v) is 11.5. The Bertz CT molecular complexity index is 1740. The van der Waals surface area contributed by atoms with Gasteiger partial charge in [-0.1, -0.05) is 13.8 Å². The van der Waals surface area contributed by atoms with E-state index < -0.39 is 24.2 Å². The quantitative estimate of drug-likeness (QED) is 0.106. The van der Waals surface area contributed by atoms with Gasteiger partial charge in [0, 0.05) is 38.7 Å². The van der Waals surface area contributed by atoms with Gasteiger partial charge in [-0.2, -0.15) is 26.3 Å². The number of fused-ring (bicyclic) bond motifs is 1. The van der Waals surface area contributed by atoms with Crippen LogP contribution in [0.15, 0.2) is 35.7 Å². The predicted octanol–water partition coefficient (Wildman–Crippen LogP) is 11.5. The molecule has 0 fully saturated rings. The van der Waals surface area contributed by atoms with Crippen LogP contribution in [0.4, 0.5) is 26.3 Å². The number of nitriles is 2. The van der Waals surface area contributed by atoms with Crippen LogP contribution in [0.3, 0.4) is 0 Å². The monoisotopic (exact) mass is 676 g/mol. The van der Waals surface area contributed by atoms with E-state index in [9.17, 15) is 36.9 Å². The molecule has 14 heteroatoms. The number of rotatable bonds is 8. The lowest BCUT2D eigenvalue weighted by molar-refractivity contribution is -0.169. The summed E-state index contributed by atoms with van der Waals surface area (Å²) < 4.78 is 81.6. The van der Waals surface area contributed by atoms with E-state index in [0.717, 1.165) is 33.0 Å². The summed E-state index contributed by atoms with van der Waals surface area (Å²) in [4.78, 5) is 10.0. The fourth-order valence-corrected chi connectivity index (χ4v) is 8.89. The average molecular weight is 677 g/mol. The van der Waals surface area contributed by atoms with Gasteiger partial charge in [0.15, 0.2) is 0 Å². The van der Waals surface area contributed by atoms with Crippen LogP contribution in [0, 0.1) is 47.6 Å². The summed E-state index contributed by atoms with van der Waals surface area (Å²) in [7, 11) is 0. The molecule has 2 atom stereocenters. The van der Waals surface area contributed by atoms with E-state index in [1.165, 1.54) is 57.5 Å². The van der Waals surface area contributed by atoms with Gasteiger partial charge in [0.1, 0.15) is 0 Å². The maximum atomic E-state index is 13.3. The van der Waals surface area contributed by atoms with Crippen molar-refractivity contribution >= 4 is 66.9 Å². The molecule has 0 radical (unpaired) electrons. The van der Waals surface area contributed by atoms with Gasteiger partial charge in [0.2, 0.25) is 0 Å². The third kappa shape index (κ3) is 7.41. The first kappa shape index (κ1) is 33.0. The normalized spacial score (nSPS) is 14.1. The summed E-state index contributed by atoms with van der Waals surface area (Å²) >= 11 is 5.19. The minimum absolute atomic E-state index is 0.233. The highest BCUT2D eigenvalue weighted by Gasteiger charge is 2.37. The largest absolute Gasteiger partial charge is 0.391 e. The first-order chi connectivity index (χ1) is 20.7. The van der Waals surface area contributed by atoms with Crippen molar-refractivity contribution in [2.75, 3.05) is 0 Å². The van der Waals surface area contributed by atoms with Crippen LogP contribution < -0.4 is 0 Å². The molecular formula is C30H18F6N4S4. The Hall–Kier alpha value is -3.92. The molecule has 4 aromatic heterocycles. The van der Waals surface area contributed by atoms with E-state index in [1.54, 1.807) is 24.3 Å². The van der Waals surface area contributed by atoms with Crippen molar-refractivity contribution in [3.05, 3.63) is 79.4 Å². The molecule has 0 aliphatic rings. The lowest BCUT2D eigenvalue weighted by atomic mass is 10.0. The standard InChI is InChI=1S/C30H18F6N4S4/c1-15(29(31,32)33)5-17-7-23(41-21(17)9-19(13-37)39-3)25-11-27-28(43-25)12-26(44-27)24-8-18(6-16(2)30(34,35)36)22(42-24)10-20(14-38)40-4/h7-12,15-16H,5-6H2,1-2H3/b19-9-,20-10+. The molecule has 0 aliphatic carbocycles. The van der Waals surface area contributed by atoms with Crippen LogP contribution in [-0.4, -0.2) is 12.4 Å². The summed E-state index contributed by atoms with van der Waals surface area (Å²) in [5.74, 6) is -3.25. The summed E-state index contributed by atoms with van der Waals surface area (Å²) in [5, 5.41) is 18.4. The molecule has 0 amide bonds. The topological polar surface area (TPSA) is 56.3 Å². The van der Waals surface area contributed by atoms with Crippen LogP contribution in [0.5, 0.6) is 0 Å². The van der Waals surface area contributed by atoms with Gasteiger partial charge in [0.25, 0.3) is 11.4 Å². The van der Waals surface area contributed by atoms with E-state index >= 15 is 0 Å². The number of hydrogen-bond donors (Lipinski definition) is 0. The molecule has 4 rings (SSSR count). The van der Waals surface area contributed by atoms with Gasteiger partial charge >= 0.3 is 12.4 Å². The zero-order chi connectivity index (χ0) is 32.4. The van der Waals surface area contributed by atoms with Gasteiger partial charge < -0.3 is 0 Å². The number of halogens is 6. The zero-order valence-electron chi connectivity index (χ0n) is 22.7. The Labute approximate surface area is 264 Å². The Balaban J connectivity index is 1.72. The van der Waals surface area contributed by atoms with Gasteiger partial charge in [-0.3, -0.25) is 0 Å². The Morgan fingerprint density at radius 1 is 0.705 bits per heavy atom. The van der Waals surface area contributed by atoms with E-state index in [2.05, 4.69) is 9.69 Å². The van der Waals surface area contributed by atoms with Crippen molar-refractivity contribution in [1.29, 1.82) is 10.5 Å². The van der Waals surface area contributed by atoms with Crippen molar-refractivity contribution in [1.82, 2.24) is 0 Å². The molecule has 44 heavy (non-hydrogen) atoms. The average Bonchev–Trinajstić information content (AvgIpc) is 3.72. The van der Waals surface area contributed by atoms with Gasteiger partial charge in [-0.15, -0.1) is 45.3 Å². The van der Waals surface area contributed by atoms with Crippen LogP contribution in [-0.2, 0) is 12.8 Å². The third-order valence-electron chi connectivity index (χ3n) is 6.55. The maximum Gasteiger partial charge on any atom is 0.391 e. The number of hydrogen-bond acceptors (Lipinski definition) is 6. The van der Waals surface area contributed by atoms with Crippen LogP contribution in [0.2, 0.25) is 0 Å². The number of allylic oxidation sites excluding steroid dienone is 2. The van der Waals surface area contributed by atoms with Crippen molar-refractivity contribution in [2.24, 2.45) is 11.8 Å². The van der Waals surface area contributed by atoms with Crippen molar-refractivity contribution in [3.63, 3.8) is 0 Å². The number of alkyl halides is 6. The fourth-order valence-electron chi connectivity index (χ4n) is 4.09. The zero-order valence-corrected chi connectivity index (χ0v) is 26.0. The predicted molar refractivity (Wildman–Crippen MR) is 165 cm³/mol. The number of nitrogens with zero attached hydrogens (tertiary/aromatic N) is 4. The number of thiophene rings is 4. The molecular weight excluding hydrogens is 659 g/mol. The van der Waals surface area contributed by atoms with Crippen LogP contribution in [0.25, 0.3) is 50.8 Å². The van der Waals surface area contributed by atoms with E-state index in [0.29, 0.717) is 30.6 Å². The molecule has 4 nitrogen and oxygen atoms in total. The highest BCUT2D eigenvalue weighted by molar-refractivity contribution is 7.33. The van der Waals surface area contributed by atoms with Crippen molar-refractivity contribution in [2.45, 2.75) is 39.0 Å². The lowest BCUT2D eigenvalue weighted by Gasteiger charge is -2.15. The van der Waals surface area contributed by atoms with Crippen LogP contribution >= 0.6 is 45.3 Å². The summed E-state index contributed by atoms with van der Waals surface area (Å²) in [5.41, 5.74) is 0.311. The molecule has 224 valence electrons. The van der Waals surface area contributed by atoms with Gasteiger partial charge in [0.05, 0.1) is 37.1 Å². The molecule has 4 aromatic rings. The van der Waals surface area contributed by atoms with Crippen LogP contribution in [0.1, 0.15) is 34.7 Å². The second kappa shape index (κ2) is 13.0. The lowest BCUT2D eigenvalue weighted by Crippen LogP contribution is -2.21. The molecule has 0 saturated heterocycles. The van der Waals surface area contributed by atoms with Crippen molar-refractivity contribution < 1.29 is 26.3 Å². The second-order valence-corrected chi connectivity index (χ2v) is 14.1.